The maximum Gasteiger partial charge on any atom is 0.267 e. The molecule has 1 aromatic carbocycles. The van der Waals surface area contributed by atoms with Gasteiger partial charge >= 0.3 is 0 Å². The molecule has 0 aliphatic carbocycles. The van der Waals surface area contributed by atoms with Gasteiger partial charge in [-0.2, -0.15) is 0 Å². The van der Waals surface area contributed by atoms with Crippen LogP contribution >= 0.6 is 0 Å². The van der Waals surface area contributed by atoms with Crippen LogP contribution in [-0.4, -0.2) is 66.5 Å². The van der Waals surface area contributed by atoms with Crippen molar-refractivity contribution >= 4 is 17.5 Å². The molecule has 2 heterocycles. The number of likely N-dealkylation sites (tertiary alicyclic amines) is 1. The number of ether oxygens (including phenoxy) is 1. The van der Waals surface area contributed by atoms with Gasteiger partial charge in [-0.3, -0.25) is 9.59 Å². The summed E-state index contributed by atoms with van der Waals surface area (Å²) >= 11 is 0. The van der Waals surface area contributed by atoms with E-state index in [-0.39, 0.29) is 11.8 Å². The number of hydrogen-bond donors (Lipinski definition) is 0. The average molecular weight is 373 g/mol. The summed E-state index contributed by atoms with van der Waals surface area (Å²) in [6.07, 6.45) is 1.83. The molecule has 0 aromatic heterocycles. The normalized spacial score (nSPS) is 21.1. The van der Waals surface area contributed by atoms with Crippen molar-refractivity contribution in [3.8, 4) is 5.75 Å². The number of hydrogen-bond acceptors (Lipinski definition) is 4. The lowest BCUT2D eigenvalue weighted by Gasteiger charge is -2.39. The Balaban J connectivity index is 1.58. The summed E-state index contributed by atoms with van der Waals surface area (Å²) in [6.45, 7) is 8.64. The molecule has 0 radical (unpaired) electrons. The number of nitrogens with zero attached hydrogens (tertiary/aromatic N) is 3. The molecule has 148 valence electrons. The Morgan fingerprint density at radius 3 is 2.59 bits per heavy atom. The molecule has 2 aliphatic heterocycles. The first-order chi connectivity index (χ1) is 12.9. The number of fused-ring (bicyclic) bond motifs is 1. The summed E-state index contributed by atoms with van der Waals surface area (Å²) in [7, 11) is 1.90. The lowest BCUT2D eigenvalue weighted by atomic mass is 10.0. The number of carbonyl (C=O) groups excluding carboxylic acids is 2. The summed E-state index contributed by atoms with van der Waals surface area (Å²) in [6, 6.07) is 8.36. The van der Waals surface area contributed by atoms with Crippen molar-refractivity contribution < 1.29 is 14.3 Å². The van der Waals surface area contributed by atoms with Gasteiger partial charge in [-0.1, -0.05) is 12.1 Å². The molecule has 3 rings (SSSR count). The van der Waals surface area contributed by atoms with Crippen molar-refractivity contribution in [3.63, 3.8) is 0 Å². The van der Waals surface area contributed by atoms with E-state index in [4.69, 9.17) is 4.74 Å². The number of anilines is 1. The Morgan fingerprint density at radius 2 is 1.93 bits per heavy atom. The predicted octanol–water partition coefficient (Wildman–Crippen LogP) is 2.52. The van der Waals surface area contributed by atoms with E-state index in [2.05, 4.69) is 18.7 Å². The van der Waals surface area contributed by atoms with Crippen molar-refractivity contribution in [2.75, 3.05) is 31.6 Å². The summed E-state index contributed by atoms with van der Waals surface area (Å²) < 4.78 is 5.66. The summed E-state index contributed by atoms with van der Waals surface area (Å²) in [4.78, 5) is 31.3. The van der Waals surface area contributed by atoms with E-state index in [9.17, 15) is 9.59 Å². The second-order valence-electron chi connectivity index (χ2n) is 7.83. The van der Waals surface area contributed by atoms with Crippen LogP contribution in [0.2, 0.25) is 0 Å². The second kappa shape index (κ2) is 8.30. The first-order valence-corrected chi connectivity index (χ1v) is 9.95. The van der Waals surface area contributed by atoms with Crippen LogP contribution in [-0.2, 0) is 9.59 Å². The van der Waals surface area contributed by atoms with Gasteiger partial charge in [0.05, 0.1) is 5.69 Å². The maximum atomic E-state index is 12.7. The Morgan fingerprint density at radius 1 is 1.26 bits per heavy atom. The number of para-hydroxylation sites is 2. The number of benzene rings is 1. The molecule has 0 N–H and O–H groups in total. The fourth-order valence-electron chi connectivity index (χ4n) is 3.97. The highest BCUT2D eigenvalue weighted by Crippen LogP contribution is 2.33. The van der Waals surface area contributed by atoms with Crippen molar-refractivity contribution in [2.24, 2.45) is 0 Å². The standard InChI is InChI=1S/C21H31N3O3/c1-15(2)23-12-9-17(10-13-23)22(4)20(25)11-14-24-18-7-5-6-8-19(18)27-16(3)21(24)26/h5-8,15-17H,9-14H2,1-4H3. The van der Waals surface area contributed by atoms with Gasteiger partial charge in [0.15, 0.2) is 6.10 Å². The first-order valence-electron chi connectivity index (χ1n) is 9.95. The highest BCUT2D eigenvalue weighted by atomic mass is 16.5. The lowest BCUT2D eigenvalue weighted by molar-refractivity contribution is -0.132. The van der Waals surface area contributed by atoms with Crippen LogP contribution in [0.25, 0.3) is 0 Å². The van der Waals surface area contributed by atoms with Crippen molar-refractivity contribution in [2.45, 2.75) is 58.2 Å². The molecule has 6 nitrogen and oxygen atoms in total. The number of rotatable bonds is 5. The number of amides is 2. The van der Waals surface area contributed by atoms with Gasteiger partial charge in [0, 0.05) is 45.2 Å². The Kier molecular flexibility index (Phi) is 6.05. The lowest BCUT2D eigenvalue weighted by Crippen LogP contribution is -2.49. The zero-order valence-electron chi connectivity index (χ0n) is 16.9. The monoisotopic (exact) mass is 373 g/mol. The molecule has 0 bridgehead atoms. The van der Waals surface area contributed by atoms with Crippen molar-refractivity contribution in [3.05, 3.63) is 24.3 Å². The highest BCUT2D eigenvalue weighted by Gasteiger charge is 2.32. The third-order valence-corrected chi connectivity index (χ3v) is 5.79. The average Bonchev–Trinajstić information content (AvgIpc) is 2.67. The molecular formula is C21H31N3O3. The van der Waals surface area contributed by atoms with Gasteiger partial charge in [-0.05, 0) is 45.7 Å². The van der Waals surface area contributed by atoms with Crippen LogP contribution in [0.3, 0.4) is 0 Å². The van der Waals surface area contributed by atoms with Crippen LogP contribution in [0.15, 0.2) is 24.3 Å². The molecule has 1 fully saturated rings. The van der Waals surface area contributed by atoms with Crippen molar-refractivity contribution in [1.29, 1.82) is 0 Å². The van der Waals surface area contributed by atoms with Crippen molar-refractivity contribution in [1.82, 2.24) is 9.80 Å². The summed E-state index contributed by atoms with van der Waals surface area (Å²) in [5.74, 6) is 0.711. The molecule has 27 heavy (non-hydrogen) atoms. The van der Waals surface area contributed by atoms with E-state index in [1.807, 2.05) is 36.2 Å². The molecule has 0 spiro atoms. The van der Waals surface area contributed by atoms with Gasteiger partial charge in [-0.15, -0.1) is 0 Å². The molecule has 2 amide bonds. The van der Waals surface area contributed by atoms with E-state index < -0.39 is 6.10 Å². The number of piperidine rings is 1. The van der Waals surface area contributed by atoms with Gasteiger partial charge in [0.1, 0.15) is 5.75 Å². The van der Waals surface area contributed by atoms with E-state index in [1.165, 1.54) is 0 Å². The molecule has 1 saturated heterocycles. The highest BCUT2D eigenvalue weighted by molar-refractivity contribution is 6.00. The summed E-state index contributed by atoms with van der Waals surface area (Å²) in [5.41, 5.74) is 0.751. The minimum Gasteiger partial charge on any atom is -0.479 e. The SMILES string of the molecule is CC1Oc2ccccc2N(CCC(=O)N(C)C2CCN(C(C)C)CC2)C1=O. The van der Waals surface area contributed by atoms with E-state index in [1.54, 1.807) is 11.8 Å². The van der Waals surface area contributed by atoms with Crippen LogP contribution in [0, 0.1) is 0 Å². The van der Waals surface area contributed by atoms with Gasteiger partial charge < -0.3 is 19.4 Å². The Hall–Kier alpha value is -2.08. The van der Waals surface area contributed by atoms with Gasteiger partial charge in [-0.25, -0.2) is 0 Å². The molecule has 0 saturated carbocycles. The minimum atomic E-state index is -0.520. The Labute approximate surface area is 162 Å². The first kappa shape index (κ1) is 19.7. The second-order valence-corrected chi connectivity index (χ2v) is 7.83. The third kappa shape index (κ3) is 4.26. The zero-order valence-corrected chi connectivity index (χ0v) is 16.9. The summed E-state index contributed by atoms with van der Waals surface area (Å²) in [5, 5.41) is 0. The van der Waals surface area contributed by atoms with E-state index in [0.29, 0.717) is 30.8 Å². The molecule has 1 unspecified atom stereocenters. The fourth-order valence-corrected chi connectivity index (χ4v) is 3.97. The zero-order chi connectivity index (χ0) is 19.6. The smallest absolute Gasteiger partial charge is 0.267 e. The molecule has 1 atom stereocenters. The van der Waals surface area contributed by atoms with Crippen LogP contribution in [0.4, 0.5) is 5.69 Å². The van der Waals surface area contributed by atoms with Crippen LogP contribution in [0.5, 0.6) is 5.75 Å². The number of carbonyl (C=O) groups is 2. The maximum absolute atomic E-state index is 12.7. The fraction of sp³-hybridized carbons (Fsp3) is 0.619. The molecule has 6 heteroatoms. The predicted molar refractivity (Wildman–Crippen MR) is 106 cm³/mol. The van der Waals surface area contributed by atoms with Gasteiger partial charge in [0.2, 0.25) is 5.91 Å². The third-order valence-electron chi connectivity index (χ3n) is 5.79. The van der Waals surface area contributed by atoms with Crippen LogP contribution in [0.1, 0.15) is 40.0 Å². The minimum absolute atomic E-state index is 0.0885. The topological polar surface area (TPSA) is 53.1 Å². The molecule has 2 aliphatic rings. The van der Waals surface area contributed by atoms with Crippen LogP contribution < -0.4 is 9.64 Å². The Bertz CT molecular complexity index is 683. The van der Waals surface area contributed by atoms with Gasteiger partial charge in [0.25, 0.3) is 5.91 Å². The van der Waals surface area contributed by atoms with E-state index in [0.717, 1.165) is 31.6 Å². The molecular weight excluding hydrogens is 342 g/mol. The molecule has 1 aromatic rings. The largest absolute Gasteiger partial charge is 0.479 e. The quantitative estimate of drug-likeness (QED) is 0.796. The van der Waals surface area contributed by atoms with E-state index >= 15 is 0 Å².